The van der Waals surface area contributed by atoms with Gasteiger partial charge in [-0.05, 0) is 29.0 Å². The fourth-order valence-electron chi connectivity index (χ4n) is 1.77. The van der Waals surface area contributed by atoms with Gasteiger partial charge in [0, 0.05) is 14.2 Å². The summed E-state index contributed by atoms with van der Waals surface area (Å²) in [7, 11) is 1.37. The molecule has 4 heteroatoms. The van der Waals surface area contributed by atoms with E-state index in [-0.39, 0.29) is 0 Å². The van der Waals surface area contributed by atoms with Gasteiger partial charge in [0.25, 0.3) is 0 Å². The smallest absolute Gasteiger partial charge is 0.372 e. The molecule has 2 nitrogen and oxygen atoms in total. The van der Waals surface area contributed by atoms with E-state index in [1.165, 1.54) is 10.8 Å². The average molecular weight is 350 g/mol. The van der Waals surface area contributed by atoms with Gasteiger partial charge in [-0.25, -0.2) is 0 Å². The third-order valence-corrected chi connectivity index (χ3v) is 7.10. The molecule has 0 aliphatic heterocycles. The molecular weight excluding hydrogens is 331 g/mol. The van der Waals surface area contributed by atoms with E-state index >= 15 is 0 Å². The van der Waals surface area contributed by atoms with E-state index in [9.17, 15) is 0 Å². The summed E-state index contributed by atoms with van der Waals surface area (Å²) in [5, 5.41) is 1.23. The van der Waals surface area contributed by atoms with E-state index < -0.39 is 8.56 Å². The van der Waals surface area contributed by atoms with E-state index in [1.54, 1.807) is 14.2 Å². The van der Waals surface area contributed by atoms with Gasteiger partial charge in [-0.1, -0.05) is 52.4 Å². The normalized spacial score (nSPS) is 11.8. The summed E-state index contributed by atoms with van der Waals surface area (Å²) < 4.78 is 12.6. The van der Waals surface area contributed by atoms with Crippen molar-refractivity contribution in [3.05, 3.63) is 29.8 Å². The Morgan fingerprint density at radius 3 is 2.12 bits per heavy atom. The minimum Gasteiger partial charge on any atom is -0.394 e. The highest BCUT2D eigenvalue weighted by molar-refractivity contribution is 14.1. The Hall–Kier alpha value is 0.0869. The Morgan fingerprint density at radius 2 is 1.69 bits per heavy atom. The molecule has 0 fully saturated rings. The summed E-state index contributed by atoms with van der Waals surface area (Å²) in [4.78, 5) is 0. The third-order valence-electron chi connectivity index (χ3n) is 2.79. The van der Waals surface area contributed by atoms with E-state index in [2.05, 4.69) is 53.8 Å². The summed E-state index contributed by atoms with van der Waals surface area (Å²) in [5.74, 6) is 0. The van der Waals surface area contributed by atoms with Crippen molar-refractivity contribution in [3.8, 4) is 0 Å². The molecule has 0 atom stereocenters. The molecule has 0 aliphatic rings. The van der Waals surface area contributed by atoms with Crippen molar-refractivity contribution in [3.63, 3.8) is 0 Å². The molecular formula is C12H19IO2Si. The maximum Gasteiger partial charge on any atom is 0.372 e. The van der Waals surface area contributed by atoms with Crippen LogP contribution in [0.3, 0.4) is 0 Å². The number of alkyl halides is 1. The highest BCUT2D eigenvalue weighted by Crippen LogP contribution is 2.16. The number of rotatable bonds is 6. The van der Waals surface area contributed by atoms with Crippen molar-refractivity contribution < 1.29 is 8.85 Å². The minimum atomic E-state index is -2.17. The number of benzene rings is 1. The standard InChI is InChI=1S/C12H19IO2Si/c1-11-5-7-12(8-6-11)16(14-2,15-3)10-4-9-13/h5-8H,4,9-10H2,1-3H3. The Labute approximate surface area is 113 Å². The van der Waals surface area contributed by atoms with E-state index in [0.717, 1.165) is 16.9 Å². The van der Waals surface area contributed by atoms with Crippen molar-refractivity contribution in [1.29, 1.82) is 0 Å². The molecule has 0 saturated heterocycles. The lowest BCUT2D eigenvalue weighted by atomic mass is 10.2. The van der Waals surface area contributed by atoms with Gasteiger partial charge in [-0.15, -0.1) is 0 Å². The van der Waals surface area contributed by atoms with Crippen molar-refractivity contribution in [1.82, 2.24) is 0 Å². The van der Waals surface area contributed by atoms with E-state index in [0.29, 0.717) is 0 Å². The van der Waals surface area contributed by atoms with Gasteiger partial charge in [0.15, 0.2) is 0 Å². The molecule has 0 aromatic heterocycles. The molecule has 0 heterocycles. The molecule has 0 spiro atoms. The van der Waals surface area contributed by atoms with E-state index in [1.807, 2.05) is 0 Å². The zero-order valence-electron chi connectivity index (χ0n) is 10.1. The SMILES string of the molecule is CO[Si](CCCI)(OC)c1ccc(C)cc1. The van der Waals surface area contributed by atoms with Gasteiger partial charge < -0.3 is 8.85 Å². The quantitative estimate of drug-likeness (QED) is 0.446. The highest BCUT2D eigenvalue weighted by Gasteiger charge is 2.37. The van der Waals surface area contributed by atoms with Crippen LogP contribution in [0.2, 0.25) is 6.04 Å². The number of halogens is 1. The molecule has 0 aliphatic carbocycles. The fraction of sp³-hybridized carbons (Fsp3) is 0.500. The van der Waals surface area contributed by atoms with Gasteiger partial charge in [0.1, 0.15) is 0 Å². The van der Waals surface area contributed by atoms with Crippen LogP contribution < -0.4 is 5.19 Å². The van der Waals surface area contributed by atoms with Crippen LogP contribution in [0.5, 0.6) is 0 Å². The van der Waals surface area contributed by atoms with E-state index in [4.69, 9.17) is 8.85 Å². The lowest BCUT2D eigenvalue weighted by Crippen LogP contribution is -2.52. The first kappa shape index (κ1) is 14.1. The molecule has 0 radical (unpaired) electrons. The molecule has 1 aromatic carbocycles. The van der Waals surface area contributed by atoms with Crippen LogP contribution in [0.25, 0.3) is 0 Å². The largest absolute Gasteiger partial charge is 0.394 e. The molecule has 90 valence electrons. The van der Waals surface area contributed by atoms with Crippen molar-refractivity contribution in [2.24, 2.45) is 0 Å². The highest BCUT2D eigenvalue weighted by atomic mass is 127. The molecule has 1 rings (SSSR count). The molecule has 1 aromatic rings. The lowest BCUT2D eigenvalue weighted by Gasteiger charge is -2.27. The molecule has 16 heavy (non-hydrogen) atoms. The summed E-state index contributed by atoms with van der Waals surface area (Å²) in [6.45, 7) is 2.09. The van der Waals surface area contributed by atoms with Gasteiger partial charge >= 0.3 is 8.56 Å². The first-order valence-electron chi connectivity index (χ1n) is 5.42. The van der Waals surface area contributed by atoms with Crippen molar-refractivity contribution in [2.75, 3.05) is 18.6 Å². The number of hydrogen-bond acceptors (Lipinski definition) is 2. The lowest BCUT2D eigenvalue weighted by molar-refractivity contribution is 0.257. The van der Waals surface area contributed by atoms with Crippen LogP contribution in [0.1, 0.15) is 12.0 Å². The Morgan fingerprint density at radius 1 is 1.12 bits per heavy atom. The fourth-order valence-corrected chi connectivity index (χ4v) is 5.53. The first-order valence-corrected chi connectivity index (χ1v) is 8.97. The zero-order chi connectivity index (χ0) is 12.0. The Kier molecular flexibility index (Phi) is 5.95. The second-order valence-corrected chi connectivity index (χ2v) is 8.30. The Balaban J connectivity index is 2.95. The second kappa shape index (κ2) is 6.73. The van der Waals surface area contributed by atoms with Crippen LogP contribution in [-0.4, -0.2) is 27.2 Å². The van der Waals surface area contributed by atoms with Crippen LogP contribution in [0.15, 0.2) is 24.3 Å². The summed E-state index contributed by atoms with van der Waals surface area (Å²) in [6, 6.07) is 9.55. The van der Waals surface area contributed by atoms with Crippen LogP contribution in [0, 0.1) is 6.92 Å². The first-order chi connectivity index (χ1) is 7.68. The van der Waals surface area contributed by atoms with Crippen LogP contribution in [-0.2, 0) is 8.85 Å². The maximum atomic E-state index is 5.73. The third kappa shape index (κ3) is 3.29. The summed E-state index contributed by atoms with van der Waals surface area (Å²) >= 11 is 2.40. The van der Waals surface area contributed by atoms with Gasteiger partial charge in [-0.3, -0.25) is 0 Å². The number of aryl methyl sites for hydroxylation is 1. The molecule has 0 amide bonds. The summed E-state index contributed by atoms with van der Waals surface area (Å²) in [6.07, 6.45) is 1.14. The predicted octanol–water partition coefficient (Wildman–Crippen LogP) is 2.76. The molecule has 0 N–H and O–H groups in total. The maximum absolute atomic E-state index is 5.73. The van der Waals surface area contributed by atoms with Gasteiger partial charge in [0.05, 0.1) is 0 Å². The van der Waals surface area contributed by atoms with Crippen molar-refractivity contribution in [2.45, 2.75) is 19.4 Å². The van der Waals surface area contributed by atoms with Crippen LogP contribution in [0.4, 0.5) is 0 Å². The second-order valence-electron chi connectivity index (χ2n) is 3.82. The molecule has 0 saturated carbocycles. The summed E-state index contributed by atoms with van der Waals surface area (Å²) in [5.41, 5.74) is 1.27. The minimum absolute atomic E-state index is 1.02. The monoisotopic (exact) mass is 350 g/mol. The average Bonchev–Trinajstić information content (AvgIpc) is 2.33. The van der Waals surface area contributed by atoms with Crippen LogP contribution >= 0.6 is 22.6 Å². The predicted molar refractivity (Wildman–Crippen MR) is 78.9 cm³/mol. The Bertz CT molecular complexity index is 309. The number of hydrogen-bond donors (Lipinski definition) is 0. The van der Waals surface area contributed by atoms with Gasteiger partial charge in [0.2, 0.25) is 0 Å². The zero-order valence-corrected chi connectivity index (χ0v) is 13.3. The molecule has 0 unspecified atom stereocenters. The topological polar surface area (TPSA) is 18.5 Å². The van der Waals surface area contributed by atoms with Gasteiger partial charge in [-0.2, -0.15) is 0 Å². The molecule has 0 bridgehead atoms. The van der Waals surface area contributed by atoms with Crippen molar-refractivity contribution >= 4 is 36.3 Å².